The van der Waals surface area contributed by atoms with Gasteiger partial charge in [0.2, 0.25) is 6.41 Å². The monoisotopic (exact) mass is 205 g/mol. The second-order valence-electron chi connectivity index (χ2n) is 2.97. The first kappa shape index (κ1) is 9.58. The zero-order valence-electron chi connectivity index (χ0n) is 7.80. The molecule has 1 heterocycles. The Morgan fingerprint density at radius 2 is 2.13 bits per heavy atom. The predicted molar refractivity (Wildman–Crippen MR) is 52.3 cm³/mol. The second kappa shape index (κ2) is 4.04. The van der Waals surface area contributed by atoms with Crippen LogP contribution >= 0.6 is 0 Å². The molecule has 15 heavy (non-hydrogen) atoms. The lowest BCUT2D eigenvalue weighted by atomic mass is 9.88. The molecule has 1 aromatic rings. The third kappa shape index (κ3) is 1.93. The quantitative estimate of drug-likeness (QED) is 0.557. The maximum absolute atomic E-state index is 11.4. The third-order valence-electron chi connectivity index (χ3n) is 1.97. The third-order valence-corrected chi connectivity index (χ3v) is 1.97. The standard InChI is InChI=1S/C9H8BNO4/c12-6-11-5-10-14-8-4-2-1-3-7(8)9(13)15-10/h1-4,6H,5H2,(H,11,12). The molecule has 0 atom stereocenters. The van der Waals surface area contributed by atoms with Crippen molar-refractivity contribution in [3.63, 3.8) is 0 Å². The van der Waals surface area contributed by atoms with Gasteiger partial charge in [-0.1, -0.05) is 12.1 Å². The highest BCUT2D eigenvalue weighted by Crippen LogP contribution is 2.23. The molecule has 0 saturated carbocycles. The fourth-order valence-corrected chi connectivity index (χ4v) is 1.31. The molecule has 0 fully saturated rings. The van der Waals surface area contributed by atoms with Gasteiger partial charge in [0.05, 0.1) is 12.0 Å². The van der Waals surface area contributed by atoms with Crippen molar-refractivity contribution in [3.05, 3.63) is 29.8 Å². The van der Waals surface area contributed by atoms with E-state index >= 15 is 0 Å². The van der Waals surface area contributed by atoms with Gasteiger partial charge in [-0.15, -0.1) is 0 Å². The number of hydrogen-bond donors (Lipinski definition) is 1. The molecule has 0 saturated heterocycles. The average Bonchev–Trinajstić information content (AvgIpc) is 2.26. The summed E-state index contributed by atoms with van der Waals surface area (Å²) in [6.07, 6.45) is 0.668. The summed E-state index contributed by atoms with van der Waals surface area (Å²) >= 11 is 0. The molecule has 76 valence electrons. The summed E-state index contributed by atoms with van der Waals surface area (Å²) in [7, 11) is -0.752. The zero-order chi connectivity index (χ0) is 10.7. The van der Waals surface area contributed by atoms with Crippen LogP contribution in [0.5, 0.6) is 5.75 Å². The predicted octanol–water partition coefficient (Wildman–Crippen LogP) is 0.00920. The number of carbonyl (C=O) groups excluding carboxylic acids is 2. The summed E-state index contributed by atoms with van der Waals surface area (Å²) in [6, 6.07) is 6.81. The van der Waals surface area contributed by atoms with Crippen LogP contribution in [-0.2, 0) is 9.45 Å². The van der Waals surface area contributed by atoms with E-state index in [0.717, 1.165) is 0 Å². The van der Waals surface area contributed by atoms with Gasteiger partial charge in [-0.25, -0.2) is 4.79 Å². The lowest BCUT2D eigenvalue weighted by molar-refractivity contribution is -0.109. The molecule has 0 aromatic heterocycles. The van der Waals surface area contributed by atoms with Gasteiger partial charge in [0.15, 0.2) is 0 Å². The highest BCUT2D eigenvalue weighted by Gasteiger charge is 2.33. The van der Waals surface area contributed by atoms with Gasteiger partial charge >= 0.3 is 13.1 Å². The Morgan fingerprint density at radius 1 is 1.33 bits per heavy atom. The van der Waals surface area contributed by atoms with Gasteiger partial charge in [-0.2, -0.15) is 0 Å². The van der Waals surface area contributed by atoms with Crippen LogP contribution < -0.4 is 9.97 Å². The summed E-state index contributed by atoms with van der Waals surface area (Å²) in [6.45, 7) is 0. The van der Waals surface area contributed by atoms with E-state index in [1.807, 2.05) is 0 Å². The van der Waals surface area contributed by atoms with Crippen molar-refractivity contribution in [1.29, 1.82) is 0 Å². The van der Waals surface area contributed by atoms with Gasteiger partial charge in [0.25, 0.3) is 0 Å². The van der Waals surface area contributed by atoms with E-state index < -0.39 is 13.1 Å². The Morgan fingerprint density at radius 3 is 2.93 bits per heavy atom. The van der Waals surface area contributed by atoms with Crippen LogP contribution in [0.2, 0.25) is 0 Å². The molecule has 1 aliphatic rings. The Balaban J connectivity index is 2.15. The van der Waals surface area contributed by atoms with Gasteiger partial charge in [-0.3, -0.25) is 4.79 Å². The summed E-state index contributed by atoms with van der Waals surface area (Å²) in [4.78, 5) is 21.5. The van der Waals surface area contributed by atoms with Crippen molar-refractivity contribution in [1.82, 2.24) is 5.32 Å². The molecule has 6 heteroatoms. The van der Waals surface area contributed by atoms with E-state index in [0.29, 0.717) is 17.7 Å². The fourth-order valence-electron chi connectivity index (χ4n) is 1.31. The normalized spacial score (nSPS) is 13.6. The van der Waals surface area contributed by atoms with E-state index in [9.17, 15) is 9.59 Å². The van der Waals surface area contributed by atoms with E-state index in [1.54, 1.807) is 24.3 Å². The van der Waals surface area contributed by atoms with E-state index in [4.69, 9.17) is 9.31 Å². The number of fused-ring (bicyclic) bond motifs is 1. The highest BCUT2D eigenvalue weighted by molar-refractivity contribution is 6.49. The minimum absolute atomic E-state index is 0.142. The lowest BCUT2D eigenvalue weighted by Crippen LogP contribution is -2.42. The Labute approximate surface area is 86.5 Å². The number of nitrogens with one attached hydrogen (secondary N) is 1. The van der Waals surface area contributed by atoms with Crippen LogP contribution in [0.3, 0.4) is 0 Å². The SMILES string of the molecule is O=CNCB1OC(=O)c2ccccc2O1. The Bertz CT molecular complexity index is 395. The average molecular weight is 205 g/mol. The van der Waals surface area contributed by atoms with Crippen molar-refractivity contribution in [3.8, 4) is 5.75 Å². The summed E-state index contributed by atoms with van der Waals surface area (Å²) in [5.74, 6) is 0.0426. The van der Waals surface area contributed by atoms with E-state index in [1.165, 1.54) is 0 Å². The second-order valence-corrected chi connectivity index (χ2v) is 2.97. The zero-order valence-corrected chi connectivity index (χ0v) is 7.80. The van der Waals surface area contributed by atoms with Crippen molar-refractivity contribution in [2.75, 3.05) is 6.44 Å². The van der Waals surface area contributed by atoms with Crippen LogP contribution in [0.15, 0.2) is 24.3 Å². The van der Waals surface area contributed by atoms with Gasteiger partial charge in [0, 0.05) is 0 Å². The van der Waals surface area contributed by atoms with Crippen molar-refractivity contribution >= 4 is 19.5 Å². The topological polar surface area (TPSA) is 64.6 Å². The lowest BCUT2D eigenvalue weighted by Gasteiger charge is -2.22. The van der Waals surface area contributed by atoms with Crippen LogP contribution in [0, 0.1) is 0 Å². The number of benzene rings is 1. The number of para-hydroxylation sites is 1. The molecule has 1 N–H and O–H groups in total. The molecule has 0 radical (unpaired) electrons. The Kier molecular flexibility index (Phi) is 2.58. The van der Waals surface area contributed by atoms with Crippen LogP contribution in [0.25, 0.3) is 0 Å². The summed E-state index contributed by atoms with van der Waals surface area (Å²) in [5, 5.41) is 2.39. The van der Waals surface area contributed by atoms with Gasteiger partial charge < -0.3 is 14.6 Å². The van der Waals surface area contributed by atoms with Crippen molar-refractivity contribution < 1.29 is 18.9 Å². The molecule has 1 amide bonds. The maximum Gasteiger partial charge on any atom is 0.617 e. The molecule has 0 unspecified atom stereocenters. The molecule has 5 nitrogen and oxygen atoms in total. The largest absolute Gasteiger partial charge is 0.617 e. The molecule has 1 aromatic carbocycles. The minimum atomic E-state index is -0.752. The number of hydrogen-bond acceptors (Lipinski definition) is 4. The first-order chi connectivity index (χ1) is 7.31. The van der Waals surface area contributed by atoms with Crippen molar-refractivity contribution in [2.45, 2.75) is 0 Å². The number of carbonyl (C=O) groups is 2. The molecular formula is C9H8BNO4. The molecule has 2 rings (SSSR count). The molecule has 1 aliphatic heterocycles. The molecule has 0 bridgehead atoms. The van der Waals surface area contributed by atoms with Crippen LogP contribution in [0.4, 0.5) is 0 Å². The fraction of sp³-hybridized carbons (Fsp3) is 0.111. The highest BCUT2D eigenvalue weighted by atomic mass is 16.6. The summed E-state index contributed by atoms with van der Waals surface area (Å²) in [5.41, 5.74) is 0.403. The number of amides is 1. The minimum Gasteiger partial charge on any atom is -0.524 e. The summed E-state index contributed by atoms with van der Waals surface area (Å²) < 4.78 is 10.3. The Hall–Kier alpha value is -1.98. The first-order valence-electron chi connectivity index (χ1n) is 4.45. The smallest absolute Gasteiger partial charge is 0.524 e. The molecule has 0 aliphatic carbocycles. The molecular weight excluding hydrogens is 197 g/mol. The van der Waals surface area contributed by atoms with Crippen LogP contribution in [-0.4, -0.2) is 25.9 Å². The maximum atomic E-state index is 11.4. The van der Waals surface area contributed by atoms with Crippen molar-refractivity contribution in [2.24, 2.45) is 0 Å². The first-order valence-corrected chi connectivity index (χ1v) is 4.45. The van der Waals surface area contributed by atoms with Crippen LogP contribution in [0.1, 0.15) is 10.4 Å². The van der Waals surface area contributed by atoms with E-state index in [-0.39, 0.29) is 6.44 Å². The number of rotatable bonds is 3. The van der Waals surface area contributed by atoms with Gasteiger partial charge in [0.1, 0.15) is 5.75 Å². The van der Waals surface area contributed by atoms with Gasteiger partial charge in [-0.05, 0) is 12.1 Å². The molecule has 0 spiro atoms. The van der Waals surface area contributed by atoms with E-state index in [2.05, 4.69) is 5.32 Å².